The van der Waals surface area contributed by atoms with Gasteiger partial charge in [-0.3, -0.25) is 9.78 Å². The second kappa shape index (κ2) is 3.65. The van der Waals surface area contributed by atoms with Crippen LogP contribution in [0.1, 0.15) is 28.0 Å². The largest absolute Gasteiger partial charge is 0.365 e. The molecule has 0 bridgehead atoms. The lowest BCUT2D eigenvalue weighted by Gasteiger charge is -2.07. The molecule has 1 aromatic rings. The van der Waals surface area contributed by atoms with E-state index in [1.165, 1.54) is 6.92 Å². The molecule has 6 heteroatoms. The van der Waals surface area contributed by atoms with Crippen LogP contribution >= 0.6 is 0 Å². The molecule has 0 saturated heterocycles. The number of aromatic nitrogens is 1. The number of hydrogen-bond acceptors (Lipinski definition) is 2. The average Bonchev–Trinajstić information content (AvgIpc) is 2.02. The molecule has 0 aromatic carbocycles. The van der Waals surface area contributed by atoms with Gasteiger partial charge in [0.2, 0.25) is 0 Å². The lowest BCUT2D eigenvalue weighted by atomic mass is 10.1. The van der Waals surface area contributed by atoms with Crippen molar-refractivity contribution >= 4 is 5.91 Å². The van der Waals surface area contributed by atoms with Gasteiger partial charge in [-0.1, -0.05) is 0 Å². The van der Waals surface area contributed by atoms with E-state index in [1.54, 1.807) is 0 Å². The molecular formula is C8H7F3N2O. The van der Waals surface area contributed by atoms with Crippen molar-refractivity contribution in [3.8, 4) is 0 Å². The van der Waals surface area contributed by atoms with Crippen LogP contribution in [0.2, 0.25) is 0 Å². The minimum Gasteiger partial charge on any atom is -0.365 e. The maximum atomic E-state index is 12.9. The van der Waals surface area contributed by atoms with Crippen LogP contribution in [0.5, 0.6) is 0 Å². The SMILES string of the molecule is Cc1c(C(F)F)ncc(F)c1C(N)=O. The van der Waals surface area contributed by atoms with E-state index < -0.39 is 29.4 Å². The van der Waals surface area contributed by atoms with Gasteiger partial charge in [0.15, 0.2) is 5.82 Å². The van der Waals surface area contributed by atoms with Gasteiger partial charge in [-0.25, -0.2) is 13.2 Å². The number of hydrogen-bond donors (Lipinski definition) is 1. The normalized spacial score (nSPS) is 10.6. The van der Waals surface area contributed by atoms with Crippen molar-refractivity contribution in [2.24, 2.45) is 5.73 Å². The zero-order valence-electron chi connectivity index (χ0n) is 7.22. The number of primary amides is 1. The maximum Gasteiger partial charge on any atom is 0.280 e. The first-order valence-electron chi connectivity index (χ1n) is 3.68. The number of alkyl halides is 2. The number of amides is 1. The van der Waals surface area contributed by atoms with Gasteiger partial charge in [0, 0.05) is 0 Å². The summed E-state index contributed by atoms with van der Waals surface area (Å²) in [5.41, 5.74) is 3.46. The first-order chi connectivity index (χ1) is 6.45. The highest BCUT2D eigenvalue weighted by atomic mass is 19.3. The molecule has 0 fully saturated rings. The van der Waals surface area contributed by atoms with Gasteiger partial charge in [-0.05, 0) is 12.5 Å². The average molecular weight is 204 g/mol. The van der Waals surface area contributed by atoms with Crippen molar-refractivity contribution in [2.45, 2.75) is 13.3 Å². The zero-order valence-corrected chi connectivity index (χ0v) is 7.22. The van der Waals surface area contributed by atoms with Gasteiger partial charge in [-0.2, -0.15) is 0 Å². The van der Waals surface area contributed by atoms with Crippen molar-refractivity contribution in [3.63, 3.8) is 0 Å². The molecule has 1 heterocycles. The van der Waals surface area contributed by atoms with Crippen LogP contribution in [0.25, 0.3) is 0 Å². The van der Waals surface area contributed by atoms with Gasteiger partial charge in [0.05, 0.1) is 11.8 Å². The fraction of sp³-hybridized carbons (Fsp3) is 0.250. The van der Waals surface area contributed by atoms with Crippen LogP contribution in [0.15, 0.2) is 6.20 Å². The van der Waals surface area contributed by atoms with E-state index in [4.69, 9.17) is 5.73 Å². The summed E-state index contributed by atoms with van der Waals surface area (Å²) >= 11 is 0. The van der Waals surface area contributed by atoms with Gasteiger partial charge in [0.1, 0.15) is 5.69 Å². The number of carbonyl (C=O) groups excluding carboxylic acids is 1. The molecule has 0 atom stereocenters. The summed E-state index contributed by atoms with van der Waals surface area (Å²) < 4.78 is 37.5. The van der Waals surface area contributed by atoms with E-state index in [0.717, 1.165) is 0 Å². The highest BCUT2D eigenvalue weighted by Crippen LogP contribution is 2.23. The highest BCUT2D eigenvalue weighted by Gasteiger charge is 2.20. The Labute approximate surface area is 77.7 Å². The first kappa shape index (κ1) is 10.5. The molecule has 0 aliphatic rings. The number of nitrogens with zero attached hydrogens (tertiary/aromatic N) is 1. The van der Waals surface area contributed by atoms with Crippen molar-refractivity contribution in [3.05, 3.63) is 28.8 Å². The van der Waals surface area contributed by atoms with Crippen LogP contribution in [0.3, 0.4) is 0 Å². The third kappa shape index (κ3) is 1.68. The predicted octanol–water partition coefficient (Wildman–Crippen LogP) is 1.57. The number of nitrogens with two attached hydrogens (primary N) is 1. The molecule has 0 spiro atoms. The molecular weight excluding hydrogens is 197 g/mol. The number of carbonyl (C=O) groups is 1. The van der Waals surface area contributed by atoms with E-state index in [2.05, 4.69) is 4.98 Å². The van der Waals surface area contributed by atoms with Gasteiger partial charge >= 0.3 is 0 Å². The van der Waals surface area contributed by atoms with Crippen molar-refractivity contribution in [1.82, 2.24) is 4.98 Å². The Balaban J connectivity index is 3.41. The maximum absolute atomic E-state index is 12.9. The molecule has 3 nitrogen and oxygen atoms in total. The van der Waals surface area contributed by atoms with E-state index in [9.17, 15) is 18.0 Å². The van der Waals surface area contributed by atoms with Crippen LogP contribution < -0.4 is 5.73 Å². The molecule has 0 radical (unpaired) electrons. The minimum absolute atomic E-state index is 0.215. The Morgan fingerprint density at radius 1 is 1.57 bits per heavy atom. The summed E-state index contributed by atoms with van der Waals surface area (Å²) in [5.74, 6) is -2.07. The summed E-state index contributed by atoms with van der Waals surface area (Å²) in [4.78, 5) is 13.9. The van der Waals surface area contributed by atoms with Crippen LogP contribution in [-0.4, -0.2) is 10.9 Å². The second-order valence-corrected chi connectivity index (χ2v) is 2.66. The van der Waals surface area contributed by atoms with Gasteiger partial charge < -0.3 is 5.73 Å². The predicted molar refractivity (Wildman–Crippen MR) is 42.4 cm³/mol. The minimum atomic E-state index is -2.85. The number of rotatable bonds is 2. The summed E-state index contributed by atoms with van der Waals surface area (Å²) in [7, 11) is 0. The quantitative estimate of drug-likeness (QED) is 0.794. The summed E-state index contributed by atoms with van der Waals surface area (Å²) in [6, 6.07) is 0. The number of halogens is 3. The summed E-state index contributed by atoms with van der Waals surface area (Å²) in [5, 5.41) is 0. The van der Waals surface area contributed by atoms with E-state index in [0.29, 0.717) is 6.20 Å². The van der Waals surface area contributed by atoms with Crippen molar-refractivity contribution in [1.29, 1.82) is 0 Å². The fourth-order valence-electron chi connectivity index (χ4n) is 1.12. The Bertz CT molecular complexity index is 379. The molecule has 14 heavy (non-hydrogen) atoms. The summed E-state index contributed by atoms with van der Waals surface area (Å²) in [6.45, 7) is 1.18. The zero-order chi connectivity index (χ0) is 10.9. The monoisotopic (exact) mass is 204 g/mol. The van der Waals surface area contributed by atoms with Gasteiger partial charge in [-0.15, -0.1) is 0 Å². The van der Waals surface area contributed by atoms with Gasteiger partial charge in [0.25, 0.3) is 12.3 Å². The Morgan fingerprint density at radius 2 is 2.14 bits per heavy atom. The molecule has 2 N–H and O–H groups in total. The molecule has 0 aliphatic carbocycles. The van der Waals surface area contributed by atoms with Crippen LogP contribution in [-0.2, 0) is 0 Å². The Morgan fingerprint density at radius 3 is 2.57 bits per heavy atom. The van der Waals surface area contributed by atoms with E-state index in [1.807, 2.05) is 0 Å². The van der Waals surface area contributed by atoms with Crippen LogP contribution in [0.4, 0.5) is 13.2 Å². The summed E-state index contributed by atoms with van der Waals surface area (Å²) in [6.07, 6.45) is -2.29. The molecule has 0 aliphatic heterocycles. The molecule has 1 rings (SSSR count). The first-order valence-corrected chi connectivity index (χ1v) is 3.68. The molecule has 0 saturated carbocycles. The lowest BCUT2D eigenvalue weighted by molar-refractivity contribution is 0.0994. The molecule has 1 amide bonds. The van der Waals surface area contributed by atoms with E-state index in [-0.39, 0.29) is 5.56 Å². The third-order valence-corrected chi connectivity index (χ3v) is 1.77. The molecule has 1 aromatic heterocycles. The lowest BCUT2D eigenvalue weighted by Crippen LogP contribution is -2.17. The fourth-order valence-corrected chi connectivity index (χ4v) is 1.12. The topological polar surface area (TPSA) is 56.0 Å². The van der Waals surface area contributed by atoms with Crippen molar-refractivity contribution < 1.29 is 18.0 Å². The van der Waals surface area contributed by atoms with E-state index >= 15 is 0 Å². The standard InChI is InChI=1S/C8H7F3N2O/c1-3-5(8(12)14)4(9)2-13-6(3)7(10)11/h2,7H,1H3,(H2,12,14). The smallest absolute Gasteiger partial charge is 0.280 e. The third-order valence-electron chi connectivity index (χ3n) is 1.77. The molecule has 0 unspecified atom stereocenters. The Hall–Kier alpha value is -1.59. The Kier molecular flexibility index (Phi) is 2.73. The second-order valence-electron chi connectivity index (χ2n) is 2.66. The molecule has 76 valence electrons. The number of pyridine rings is 1. The van der Waals surface area contributed by atoms with Crippen molar-refractivity contribution in [2.75, 3.05) is 0 Å². The van der Waals surface area contributed by atoms with Crippen LogP contribution in [0, 0.1) is 12.7 Å². The highest BCUT2D eigenvalue weighted by molar-refractivity contribution is 5.94.